The third kappa shape index (κ3) is 4.28. The minimum Gasteiger partial charge on any atom is -0.383 e. The van der Waals surface area contributed by atoms with E-state index in [1.807, 2.05) is 0 Å². The number of hydrogen-bond donors (Lipinski definition) is 1. The van der Waals surface area contributed by atoms with Gasteiger partial charge in [0.1, 0.15) is 0 Å². The van der Waals surface area contributed by atoms with E-state index in [1.165, 1.54) is 19.3 Å². The van der Waals surface area contributed by atoms with E-state index >= 15 is 0 Å². The van der Waals surface area contributed by atoms with Gasteiger partial charge in [-0.25, -0.2) is 4.68 Å². The van der Waals surface area contributed by atoms with Gasteiger partial charge in [-0.05, 0) is 31.1 Å². The van der Waals surface area contributed by atoms with Crippen LogP contribution in [0.4, 0.5) is 0 Å². The Kier molecular flexibility index (Phi) is 5.34. The lowest BCUT2D eigenvalue weighted by Gasteiger charge is -2.31. The molecule has 1 fully saturated rings. The molecular formula is C14H26N4O. The number of nitrogens with one attached hydrogen (secondary N) is 1. The van der Waals surface area contributed by atoms with Crippen molar-refractivity contribution in [3.05, 3.63) is 11.9 Å². The van der Waals surface area contributed by atoms with Gasteiger partial charge in [-0.15, -0.1) is 5.10 Å². The van der Waals surface area contributed by atoms with Gasteiger partial charge in [0, 0.05) is 20.2 Å². The van der Waals surface area contributed by atoms with E-state index in [0.29, 0.717) is 6.04 Å². The van der Waals surface area contributed by atoms with Gasteiger partial charge in [0.25, 0.3) is 0 Å². The first-order valence-electron chi connectivity index (χ1n) is 7.29. The zero-order chi connectivity index (χ0) is 13.7. The highest BCUT2D eigenvalue weighted by Crippen LogP contribution is 2.35. The second-order valence-electron chi connectivity index (χ2n) is 5.93. The van der Waals surface area contributed by atoms with E-state index in [4.69, 9.17) is 4.74 Å². The summed E-state index contributed by atoms with van der Waals surface area (Å²) in [4.78, 5) is 0. The highest BCUT2D eigenvalue weighted by atomic mass is 16.5. The van der Waals surface area contributed by atoms with Crippen molar-refractivity contribution in [3.8, 4) is 0 Å². The fourth-order valence-electron chi connectivity index (χ4n) is 3.08. The summed E-state index contributed by atoms with van der Waals surface area (Å²) in [5.74, 6) is 1.59. The molecule has 1 saturated carbocycles. The van der Waals surface area contributed by atoms with Gasteiger partial charge in [-0.2, -0.15) is 0 Å². The number of nitrogens with zero attached hydrogens (tertiary/aromatic N) is 3. The van der Waals surface area contributed by atoms with Crippen molar-refractivity contribution in [2.24, 2.45) is 11.8 Å². The fourth-order valence-corrected chi connectivity index (χ4v) is 3.08. The molecule has 1 aromatic heterocycles. The van der Waals surface area contributed by atoms with Gasteiger partial charge in [-0.1, -0.05) is 19.1 Å². The molecule has 1 aromatic rings. The van der Waals surface area contributed by atoms with Crippen molar-refractivity contribution in [1.82, 2.24) is 20.3 Å². The SMILES string of the molecule is COCCNCc1cn(C2CC(C)CC(C)C2)nn1. The number of methoxy groups -OCH3 is 1. The molecule has 0 saturated heterocycles. The van der Waals surface area contributed by atoms with Crippen LogP contribution in [0.2, 0.25) is 0 Å². The van der Waals surface area contributed by atoms with Crippen molar-refractivity contribution in [2.75, 3.05) is 20.3 Å². The van der Waals surface area contributed by atoms with Crippen LogP contribution in [0.15, 0.2) is 6.20 Å². The van der Waals surface area contributed by atoms with Crippen LogP contribution in [0.25, 0.3) is 0 Å². The molecule has 0 spiro atoms. The minimum atomic E-state index is 0.527. The second-order valence-corrected chi connectivity index (χ2v) is 5.93. The lowest BCUT2D eigenvalue weighted by atomic mass is 9.80. The zero-order valence-corrected chi connectivity index (χ0v) is 12.3. The maximum absolute atomic E-state index is 5.00. The summed E-state index contributed by atoms with van der Waals surface area (Å²) in [5.41, 5.74) is 1.02. The molecule has 1 aliphatic carbocycles. The van der Waals surface area contributed by atoms with Crippen LogP contribution in [-0.4, -0.2) is 35.3 Å². The molecule has 108 valence electrons. The third-order valence-electron chi connectivity index (χ3n) is 3.87. The maximum atomic E-state index is 5.00. The molecule has 0 bridgehead atoms. The molecule has 1 N–H and O–H groups in total. The van der Waals surface area contributed by atoms with Gasteiger partial charge < -0.3 is 10.1 Å². The largest absolute Gasteiger partial charge is 0.383 e. The van der Waals surface area contributed by atoms with Gasteiger partial charge >= 0.3 is 0 Å². The predicted molar refractivity (Wildman–Crippen MR) is 74.8 cm³/mol. The van der Waals surface area contributed by atoms with Gasteiger partial charge in [-0.3, -0.25) is 0 Å². The lowest BCUT2D eigenvalue weighted by Crippen LogP contribution is -2.23. The van der Waals surface area contributed by atoms with E-state index in [-0.39, 0.29) is 0 Å². The molecule has 0 radical (unpaired) electrons. The van der Waals surface area contributed by atoms with Crippen LogP contribution in [0.3, 0.4) is 0 Å². The van der Waals surface area contributed by atoms with Crippen molar-refractivity contribution >= 4 is 0 Å². The predicted octanol–water partition coefficient (Wildman–Crippen LogP) is 2.01. The minimum absolute atomic E-state index is 0.527. The Hall–Kier alpha value is -0.940. The molecule has 0 aromatic carbocycles. The summed E-state index contributed by atoms with van der Waals surface area (Å²) < 4.78 is 7.07. The summed E-state index contributed by atoms with van der Waals surface area (Å²) in [5, 5.41) is 11.8. The van der Waals surface area contributed by atoms with Gasteiger partial charge in [0.2, 0.25) is 0 Å². The molecule has 1 heterocycles. The Morgan fingerprint density at radius 3 is 2.74 bits per heavy atom. The number of aromatic nitrogens is 3. The maximum Gasteiger partial charge on any atom is 0.0964 e. The summed E-state index contributed by atoms with van der Waals surface area (Å²) in [6.45, 7) is 7.02. The molecule has 2 atom stereocenters. The Labute approximate surface area is 115 Å². The Morgan fingerprint density at radius 2 is 2.05 bits per heavy atom. The molecule has 0 amide bonds. The number of rotatable bonds is 6. The van der Waals surface area contributed by atoms with E-state index < -0.39 is 0 Å². The standard InChI is InChI=1S/C14H26N4O/c1-11-6-12(2)8-14(7-11)18-10-13(16-17-18)9-15-4-5-19-3/h10-12,14-15H,4-9H2,1-3H3. The molecule has 2 rings (SSSR count). The molecule has 5 nitrogen and oxygen atoms in total. The molecule has 2 unspecified atom stereocenters. The fraction of sp³-hybridized carbons (Fsp3) is 0.857. The van der Waals surface area contributed by atoms with E-state index in [9.17, 15) is 0 Å². The van der Waals surface area contributed by atoms with Gasteiger partial charge in [0.15, 0.2) is 0 Å². The molecule has 0 aliphatic heterocycles. The smallest absolute Gasteiger partial charge is 0.0964 e. The van der Waals surface area contributed by atoms with Crippen molar-refractivity contribution in [1.29, 1.82) is 0 Å². The zero-order valence-electron chi connectivity index (χ0n) is 12.3. The van der Waals surface area contributed by atoms with Crippen molar-refractivity contribution in [3.63, 3.8) is 0 Å². The Morgan fingerprint density at radius 1 is 1.32 bits per heavy atom. The van der Waals surface area contributed by atoms with Crippen LogP contribution in [0, 0.1) is 11.8 Å². The van der Waals surface area contributed by atoms with E-state index in [0.717, 1.165) is 37.2 Å². The quantitative estimate of drug-likeness (QED) is 0.800. The van der Waals surface area contributed by atoms with Crippen LogP contribution in [0.1, 0.15) is 44.8 Å². The van der Waals surface area contributed by atoms with Gasteiger partial charge in [0.05, 0.1) is 24.5 Å². The molecule has 1 aliphatic rings. The highest BCUT2D eigenvalue weighted by Gasteiger charge is 2.25. The Balaban J connectivity index is 1.85. The molecular weight excluding hydrogens is 240 g/mol. The first kappa shape index (κ1) is 14.5. The van der Waals surface area contributed by atoms with E-state index in [1.54, 1.807) is 7.11 Å². The molecule has 5 heteroatoms. The first-order chi connectivity index (χ1) is 9.19. The second kappa shape index (κ2) is 7.01. The third-order valence-corrected chi connectivity index (χ3v) is 3.87. The van der Waals surface area contributed by atoms with E-state index in [2.05, 4.69) is 40.4 Å². The van der Waals surface area contributed by atoms with Crippen LogP contribution < -0.4 is 5.32 Å². The number of hydrogen-bond acceptors (Lipinski definition) is 4. The van der Waals surface area contributed by atoms with Crippen molar-refractivity contribution in [2.45, 2.75) is 45.7 Å². The lowest BCUT2D eigenvalue weighted by molar-refractivity contribution is 0.199. The summed E-state index contributed by atoms with van der Waals surface area (Å²) in [6.07, 6.45) is 5.89. The monoisotopic (exact) mass is 266 g/mol. The van der Waals surface area contributed by atoms with Crippen LogP contribution >= 0.6 is 0 Å². The summed E-state index contributed by atoms with van der Waals surface area (Å²) >= 11 is 0. The highest BCUT2D eigenvalue weighted by molar-refractivity contribution is 4.94. The topological polar surface area (TPSA) is 52.0 Å². The average Bonchev–Trinajstić information content (AvgIpc) is 2.82. The summed E-state index contributed by atoms with van der Waals surface area (Å²) in [7, 11) is 1.71. The van der Waals surface area contributed by atoms with Crippen molar-refractivity contribution < 1.29 is 4.74 Å². The van der Waals surface area contributed by atoms with Crippen LogP contribution in [-0.2, 0) is 11.3 Å². The average molecular weight is 266 g/mol. The Bertz CT molecular complexity index is 369. The number of ether oxygens (including phenoxy) is 1. The van der Waals surface area contributed by atoms with Crippen LogP contribution in [0.5, 0.6) is 0 Å². The molecule has 19 heavy (non-hydrogen) atoms. The normalized spacial score (nSPS) is 27.6. The summed E-state index contributed by atoms with van der Waals surface area (Å²) in [6, 6.07) is 0.527. The first-order valence-corrected chi connectivity index (χ1v) is 7.29.